The number of carbonyl (C=O) groups is 2. The maximum atomic E-state index is 12.5. The van der Waals surface area contributed by atoms with Gasteiger partial charge in [-0.05, 0) is 29.8 Å². The molecule has 3 aromatic rings. The van der Waals surface area contributed by atoms with E-state index < -0.39 is 24.0 Å². The zero-order chi connectivity index (χ0) is 21.9. The van der Waals surface area contributed by atoms with Crippen LogP contribution in [0, 0.1) is 0 Å². The molecule has 3 rings (SSSR count). The first-order chi connectivity index (χ1) is 14.2. The number of nitrogens with zero attached hydrogens (tertiary/aromatic N) is 2. The Hall–Kier alpha value is -2.94. The molecule has 0 aliphatic rings. The highest BCUT2D eigenvalue weighted by Crippen LogP contribution is 2.23. The third-order valence-electron chi connectivity index (χ3n) is 4.77. The third-order valence-corrected chi connectivity index (χ3v) is 4.99. The van der Waals surface area contributed by atoms with Crippen molar-refractivity contribution < 1.29 is 19.8 Å². The number of hydrogen-bond acceptors (Lipinski definition) is 5. The summed E-state index contributed by atoms with van der Waals surface area (Å²) in [6.07, 6.45) is 1.94. The molecule has 158 valence electrons. The van der Waals surface area contributed by atoms with Gasteiger partial charge in [-0.2, -0.15) is 0 Å². The summed E-state index contributed by atoms with van der Waals surface area (Å²) in [5.74, 6) is -0.514. The lowest BCUT2D eigenvalue weighted by Gasteiger charge is -2.26. The summed E-state index contributed by atoms with van der Waals surface area (Å²) in [4.78, 5) is 28.5. The molecule has 0 radical (unpaired) electrons. The van der Waals surface area contributed by atoms with E-state index in [1.807, 2.05) is 26.0 Å². The highest BCUT2D eigenvalue weighted by Gasteiger charge is 2.23. The second kappa shape index (κ2) is 8.83. The molecule has 30 heavy (non-hydrogen) atoms. The van der Waals surface area contributed by atoms with Gasteiger partial charge in [0.2, 0.25) is 0 Å². The van der Waals surface area contributed by atoms with E-state index >= 15 is 0 Å². The number of anilines is 1. The molecule has 2 amide bonds. The van der Waals surface area contributed by atoms with E-state index in [-0.39, 0.29) is 12.5 Å². The van der Waals surface area contributed by atoms with Crippen LogP contribution in [0.25, 0.3) is 5.65 Å². The molecule has 2 aromatic heterocycles. The highest BCUT2D eigenvalue weighted by atomic mass is 35.5. The second-order valence-corrected chi connectivity index (χ2v) is 8.01. The van der Waals surface area contributed by atoms with E-state index in [0.29, 0.717) is 22.1 Å². The summed E-state index contributed by atoms with van der Waals surface area (Å²) >= 11 is 5.96. The number of aliphatic hydroxyl groups is 2. The Morgan fingerprint density at radius 3 is 2.53 bits per heavy atom. The van der Waals surface area contributed by atoms with Crippen LogP contribution in [-0.4, -0.2) is 50.7 Å². The van der Waals surface area contributed by atoms with Crippen molar-refractivity contribution >= 4 is 34.9 Å². The molecule has 0 bridgehead atoms. The summed E-state index contributed by atoms with van der Waals surface area (Å²) in [6.45, 7) is 3.48. The summed E-state index contributed by atoms with van der Waals surface area (Å²) in [7, 11) is 0. The van der Waals surface area contributed by atoms with Crippen LogP contribution in [0.15, 0.2) is 48.8 Å². The Morgan fingerprint density at radius 2 is 1.87 bits per heavy atom. The molecule has 8 nitrogen and oxygen atoms in total. The van der Waals surface area contributed by atoms with Crippen molar-refractivity contribution in [2.45, 2.75) is 25.4 Å². The molecule has 1 atom stereocenters. The monoisotopic (exact) mass is 430 g/mol. The van der Waals surface area contributed by atoms with Gasteiger partial charge in [0.25, 0.3) is 11.8 Å². The van der Waals surface area contributed by atoms with Crippen LogP contribution in [0.4, 0.5) is 5.82 Å². The number of aromatic nitrogens is 2. The fourth-order valence-electron chi connectivity index (χ4n) is 2.90. The molecule has 1 aromatic carbocycles. The number of rotatable bonds is 7. The van der Waals surface area contributed by atoms with E-state index in [0.717, 1.165) is 5.56 Å². The maximum Gasteiger partial charge on any atom is 0.256 e. The van der Waals surface area contributed by atoms with Crippen molar-refractivity contribution in [1.82, 2.24) is 14.7 Å². The van der Waals surface area contributed by atoms with Gasteiger partial charge >= 0.3 is 0 Å². The average Bonchev–Trinajstić information content (AvgIpc) is 3.12. The minimum Gasteiger partial charge on any atom is -0.393 e. The van der Waals surface area contributed by atoms with Crippen molar-refractivity contribution in [3.05, 3.63) is 64.9 Å². The van der Waals surface area contributed by atoms with Gasteiger partial charge in [-0.3, -0.25) is 9.59 Å². The van der Waals surface area contributed by atoms with Crippen LogP contribution in [0.2, 0.25) is 5.02 Å². The Labute approximate surface area is 178 Å². The van der Waals surface area contributed by atoms with Gasteiger partial charge < -0.3 is 25.2 Å². The Morgan fingerprint density at radius 1 is 1.17 bits per heavy atom. The molecule has 0 aliphatic carbocycles. The smallest absolute Gasteiger partial charge is 0.256 e. The number of pyridine rings is 1. The van der Waals surface area contributed by atoms with Crippen molar-refractivity contribution in [3.8, 4) is 0 Å². The molecule has 0 saturated carbocycles. The minimum absolute atomic E-state index is 0.262. The van der Waals surface area contributed by atoms with Crippen molar-refractivity contribution in [1.29, 1.82) is 0 Å². The lowest BCUT2D eigenvalue weighted by atomic mass is 9.84. The largest absolute Gasteiger partial charge is 0.393 e. The van der Waals surface area contributed by atoms with E-state index in [2.05, 4.69) is 15.6 Å². The fraction of sp³-hybridized carbons (Fsp3) is 0.286. The van der Waals surface area contributed by atoms with Crippen molar-refractivity contribution in [2.24, 2.45) is 0 Å². The first-order valence-electron chi connectivity index (χ1n) is 9.32. The highest BCUT2D eigenvalue weighted by molar-refractivity contribution is 6.30. The quantitative estimate of drug-likeness (QED) is 0.457. The Balaban J connectivity index is 1.66. The SMILES string of the molecule is CC(C)(CNC(=O)C(O)CO)c1ccc(C(=O)Nc2cn3cc(Cl)ccc3n2)cc1. The van der Waals surface area contributed by atoms with Gasteiger partial charge in [0, 0.05) is 23.7 Å². The standard InChI is InChI=1S/C21H23ClN4O4/c1-21(2,12-23-20(30)16(28)11-27)14-5-3-13(4-6-14)19(29)25-17-10-26-9-15(22)7-8-18(26)24-17/h3-10,16,27-28H,11-12H2,1-2H3,(H,23,30)(H,25,29). The lowest BCUT2D eigenvalue weighted by molar-refractivity contribution is -0.131. The molecular weight excluding hydrogens is 408 g/mol. The summed E-state index contributed by atoms with van der Waals surface area (Å²) in [6, 6.07) is 10.5. The lowest BCUT2D eigenvalue weighted by Crippen LogP contribution is -2.42. The molecule has 4 N–H and O–H groups in total. The number of aliphatic hydroxyl groups excluding tert-OH is 2. The normalized spacial score (nSPS) is 12.6. The van der Waals surface area contributed by atoms with E-state index in [1.165, 1.54) is 0 Å². The number of fused-ring (bicyclic) bond motifs is 1. The molecule has 1 unspecified atom stereocenters. The van der Waals surface area contributed by atoms with Crippen LogP contribution < -0.4 is 10.6 Å². The molecule has 0 fully saturated rings. The number of halogens is 1. The third kappa shape index (κ3) is 4.96. The zero-order valence-electron chi connectivity index (χ0n) is 16.6. The first-order valence-corrected chi connectivity index (χ1v) is 9.70. The first kappa shape index (κ1) is 21.8. The number of benzene rings is 1. The summed E-state index contributed by atoms with van der Waals surface area (Å²) < 4.78 is 1.73. The molecule has 0 spiro atoms. The maximum absolute atomic E-state index is 12.5. The van der Waals surface area contributed by atoms with Crippen LogP contribution >= 0.6 is 11.6 Å². The second-order valence-electron chi connectivity index (χ2n) is 7.57. The van der Waals surface area contributed by atoms with Gasteiger partial charge in [-0.1, -0.05) is 37.6 Å². The molecule has 9 heteroatoms. The predicted octanol–water partition coefficient (Wildman–Crippen LogP) is 1.99. The number of nitrogens with one attached hydrogen (secondary N) is 2. The van der Waals surface area contributed by atoms with Crippen LogP contribution in [0.1, 0.15) is 29.8 Å². The van der Waals surface area contributed by atoms with Crippen molar-refractivity contribution in [3.63, 3.8) is 0 Å². The average molecular weight is 431 g/mol. The minimum atomic E-state index is -1.44. The zero-order valence-corrected chi connectivity index (χ0v) is 17.3. The van der Waals surface area contributed by atoms with E-state index in [4.69, 9.17) is 16.7 Å². The van der Waals surface area contributed by atoms with E-state index in [1.54, 1.807) is 41.1 Å². The van der Waals surface area contributed by atoms with Gasteiger partial charge in [0.15, 0.2) is 11.9 Å². The number of amides is 2. The van der Waals surface area contributed by atoms with Crippen LogP contribution in [0.5, 0.6) is 0 Å². The van der Waals surface area contributed by atoms with Gasteiger partial charge in [0.05, 0.1) is 17.8 Å². The van der Waals surface area contributed by atoms with Gasteiger partial charge in [0.1, 0.15) is 5.65 Å². The summed E-state index contributed by atoms with van der Waals surface area (Å²) in [5, 5.41) is 24.1. The molecule has 0 saturated heterocycles. The van der Waals surface area contributed by atoms with Crippen LogP contribution in [0.3, 0.4) is 0 Å². The molecule has 2 heterocycles. The predicted molar refractivity (Wildman–Crippen MR) is 114 cm³/mol. The van der Waals surface area contributed by atoms with Gasteiger partial charge in [-0.25, -0.2) is 4.98 Å². The fourth-order valence-corrected chi connectivity index (χ4v) is 3.07. The summed E-state index contributed by atoms with van der Waals surface area (Å²) in [5.41, 5.74) is 1.59. The van der Waals surface area contributed by atoms with E-state index in [9.17, 15) is 14.7 Å². The topological polar surface area (TPSA) is 116 Å². The number of hydrogen-bond donors (Lipinski definition) is 4. The number of imidazole rings is 1. The van der Waals surface area contributed by atoms with Gasteiger partial charge in [-0.15, -0.1) is 0 Å². The van der Waals surface area contributed by atoms with Crippen LogP contribution in [-0.2, 0) is 10.2 Å². The van der Waals surface area contributed by atoms with Crippen molar-refractivity contribution in [2.75, 3.05) is 18.5 Å². The molecule has 0 aliphatic heterocycles. The number of carbonyl (C=O) groups excluding carboxylic acids is 2. The Bertz CT molecular complexity index is 1060. The Kier molecular flexibility index (Phi) is 6.40. The molecular formula is C21H23ClN4O4.